The molecule has 2 N–H and O–H groups in total. The Morgan fingerprint density at radius 2 is 1.14 bits per heavy atom. The maximum Gasteiger partial charge on any atom is 0.228 e. The lowest BCUT2D eigenvalue weighted by Crippen LogP contribution is -2.41. The first kappa shape index (κ1) is 17.8. The van der Waals surface area contributed by atoms with Crippen molar-refractivity contribution in [3.8, 4) is 0 Å². The van der Waals surface area contributed by atoms with E-state index in [0.717, 1.165) is 0 Å². The highest BCUT2D eigenvalue weighted by Gasteiger charge is 2.42. The molecule has 0 heterocycles. The molecule has 22 heavy (non-hydrogen) atoms. The van der Waals surface area contributed by atoms with Crippen molar-refractivity contribution in [3.05, 3.63) is 20.2 Å². The summed E-state index contributed by atoms with van der Waals surface area (Å²) in [7, 11) is 2.69. The van der Waals surface area contributed by atoms with Gasteiger partial charge in [-0.3, -0.25) is 20.2 Å². The van der Waals surface area contributed by atoms with Crippen LogP contribution in [0.2, 0.25) is 0 Å². The molecule has 2 rings (SSSR count). The Hall–Kier alpha value is -0.580. The summed E-state index contributed by atoms with van der Waals surface area (Å²) in [5, 5.41) is 40.9. The lowest BCUT2D eigenvalue weighted by molar-refractivity contribution is -0.526. The number of aliphatic hydroxyl groups is 2. The van der Waals surface area contributed by atoms with Gasteiger partial charge in [-0.25, -0.2) is 0 Å². The van der Waals surface area contributed by atoms with Crippen molar-refractivity contribution in [1.29, 1.82) is 0 Å². The molecule has 126 valence electrons. The van der Waals surface area contributed by atoms with Crippen LogP contribution in [0.25, 0.3) is 0 Å². The van der Waals surface area contributed by atoms with Gasteiger partial charge >= 0.3 is 0 Å². The van der Waals surface area contributed by atoms with Crippen molar-refractivity contribution in [2.75, 3.05) is 0 Å². The highest BCUT2D eigenvalue weighted by Crippen LogP contribution is 2.43. The average molecular weight is 352 g/mol. The number of rotatable bonds is 5. The molecule has 0 unspecified atom stereocenters. The summed E-state index contributed by atoms with van der Waals surface area (Å²) in [5.74, 6) is 0. The van der Waals surface area contributed by atoms with Crippen LogP contribution in [0.3, 0.4) is 0 Å². The van der Waals surface area contributed by atoms with E-state index in [1.807, 2.05) is 0 Å². The Bertz CT molecular complexity index is 388. The summed E-state index contributed by atoms with van der Waals surface area (Å²) < 4.78 is 0. The maximum atomic E-state index is 11.1. The van der Waals surface area contributed by atoms with E-state index in [4.69, 9.17) is 0 Å². The molecular formula is C12H20N2O6S2. The molecular weight excluding hydrogens is 332 g/mol. The monoisotopic (exact) mass is 352 g/mol. The van der Waals surface area contributed by atoms with Crippen LogP contribution in [0.5, 0.6) is 0 Å². The lowest BCUT2D eigenvalue weighted by Gasteiger charge is -2.31. The molecule has 0 aromatic carbocycles. The molecule has 2 aliphatic carbocycles. The molecule has 0 radical (unpaired) electrons. The number of nitrogens with zero attached hydrogens (tertiary/aromatic N) is 2. The van der Waals surface area contributed by atoms with E-state index in [-0.39, 0.29) is 33.2 Å². The van der Waals surface area contributed by atoms with Gasteiger partial charge in [0.1, 0.15) is 0 Å². The molecule has 10 heteroatoms. The van der Waals surface area contributed by atoms with E-state index >= 15 is 0 Å². The number of aliphatic hydroxyl groups excluding tert-OH is 2. The lowest BCUT2D eigenvalue weighted by atomic mass is 9.93. The predicted molar refractivity (Wildman–Crippen MR) is 84.0 cm³/mol. The van der Waals surface area contributed by atoms with Crippen LogP contribution >= 0.6 is 21.6 Å². The number of hydrogen-bond acceptors (Lipinski definition) is 8. The van der Waals surface area contributed by atoms with E-state index in [2.05, 4.69) is 0 Å². The fourth-order valence-electron chi connectivity index (χ4n) is 3.01. The predicted octanol–water partition coefficient (Wildman–Crippen LogP) is 1.49. The van der Waals surface area contributed by atoms with Gasteiger partial charge in [0.15, 0.2) is 0 Å². The summed E-state index contributed by atoms with van der Waals surface area (Å²) in [6, 6.07) is -1.60. The first-order valence-electron chi connectivity index (χ1n) is 7.33. The molecule has 0 saturated heterocycles. The van der Waals surface area contributed by atoms with Crippen LogP contribution in [0, 0.1) is 20.2 Å². The Morgan fingerprint density at radius 3 is 1.45 bits per heavy atom. The van der Waals surface area contributed by atoms with Crippen LogP contribution in [0.4, 0.5) is 0 Å². The van der Waals surface area contributed by atoms with Gasteiger partial charge in [-0.2, -0.15) is 0 Å². The van der Waals surface area contributed by atoms with E-state index in [9.17, 15) is 30.4 Å². The zero-order valence-corrected chi connectivity index (χ0v) is 13.6. The first-order valence-corrected chi connectivity index (χ1v) is 9.61. The molecule has 6 atom stereocenters. The molecule has 0 bridgehead atoms. The number of hydrogen-bond donors (Lipinski definition) is 2. The minimum absolute atomic E-state index is 0.146. The quantitative estimate of drug-likeness (QED) is 0.433. The molecule has 2 saturated carbocycles. The van der Waals surface area contributed by atoms with Crippen LogP contribution in [0.15, 0.2) is 0 Å². The van der Waals surface area contributed by atoms with Gasteiger partial charge in [-0.15, -0.1) is 0 Å². The third-order valence-electron chi connectivity index (χ3n) is 4.30. The van der Waals surface area contributed by atoms with Gasteiger partial charge < -0.3 is 10.2 Å². The van der Waals surface area contributed by atoms with Crippen molar-refractivity contribution in [1.82, 2.24) is 0 Å². The van der Waals surface area contributed by atoms with E-state index in [1.165, 1.54) is 21.6 Å². The van der Waals surface area contributed by atoms with Crippen LogP contribution in [-0.4, -0.2) is 54.9 Å². The van der Waals surface area contributed by atoms with Crippen molar-refractivity contribution in [2.24, 2.45) is 0 Å². The Balaban J connectivity index is 1.92. The Kier molecular flexibility index (Phi) is 6.30. The second-order valence-electron chi connectivity index (χ2n) is 5.91. The fraction of sp³-hybridized carbons (Fsp3) is 1.00. The normalized spacial score (nSPS) is 39.4. The van der Waals surface area contributed by atoms with Gasteiger partial charge in [-0.05, 0) is 25.7 Å². The summed E-state index contributed by atoms with van der Waals surface area (Å²) >= 11 is 0. The van der Waals surface area contributed by atoms with Gasteiger partial charge in [-0.1, -0.05) is 21.6 Å². The largest absolute Gasteiger partial charge is 0.393 e. The summed E-state index contributed by atoms with van der Waals surface area (Å²) in [6.07, 6.45) is 1.18. The molecule has 0 aromatic rings. The minimum atomic E-state index is -0.801. The second kappa shape index (κ2) is 7.80. The second-order valence-corrected chi connectivity index (χ2v) is 8.66. The standard InChI is InChI=1S/C12H20N2O6S2/c15-7-1-3-11(9(5-7)13(17)18)21-22-12-4-2-8(16)6-10(12)14(19)20/h7-12,15-16H,1-6H2/t7-,8+,9-,10-,11+,12-/m0/s1. The van der Waals surface area contributed by atoms with E-state index < -0.39 is 24.3 Å². The summed E-state index contributed by atoms with van der Waals surface area (Å²) in [4.78, 5) is 21.5. The van der Waals surface area contributed by atoms with Gasteiger partial charge in [0.2, 0.25) is 12.1 Å². The molecule has 0 aliphatic heterocycles. The van der Waals surface area contributed by atoms with Gasteiger partial charge in [0.25, 0.3) is 0 Å². The van der Waals surface area contributed by atoms with Crippen molar-refractivity contribution < 1.29 is 20.1 Å². The molecule has 0 spiro atoms. The smallest absolute Gasteiger partial charge is 0.228 e. The van der Waals surface area contributed by atoms with Crippen LogP contribution < -0.4 is 0 Å². The highest BCUT2D eigenvalue weighted by molar-refractivity contribution is 8.77. The third-order valence-corrected chi connectivity index (χ3v) is 7.82. The zero-order valence-electron chi connectivity index (χ0n) is 11.9. The first-order chi connectivity index (χ1) is 10.4. The fourth-order valence-corrected chi connectivity index (χ4v) is 6.64. The topological polar surface area (TPSA) is 127 Å². The Labute approximate surface area is 135 Å². The molecule has 8 nitrogen and oxygen atoms in total. The average Bonchev–Trinajstić information content (AvgIpc) is 2.46. The Morgan fingerprint density at radius 1 is 0.773 bits per heavy atom. The van der Waals surface area contributed by atoms with Crippen molar-refractivity contribution >= 4 is 21.6 Å². The van der Waals surface area contributed by atoms with E-state index in [0.29, 0.717) is 25.7 Å². The summed E-state index contributed by atoms with van der Waals surface area (Å²) in [5.41, 5.74) is 0. The molecule has 0 aromatic heterocycles. The highest BCUT2D eigenvalue weighted by atomic mass is 33.1. The molecule has 0 amide bonds. The van der Waals surface area contributed by atoms with Crippen LogP contribution in [0.1, 0.15) is 38.5 Å². The van der Waals surface area contributed by atoms with Crippen LogP contribution in [-0.2, 0) is 0 Å². The minimum Gasteiger partial charge on any atom is -0.393 e. The molecule has 2 aliphatic rings. The van der Waals surface area contributed by atoms with Crippen molar-refractivity contribution in [2.45, 2.75) is 73.3 Å². The maximum absolute atomic E-state index is 11.1. The van der Waals surface area contributed by atoms with Gasteiger partial charge in [0.05, 0.1) is 22.7 Å². The van der Waals surface area contributed by atoms with Gasteiger partial charge in [0, 0.05) is 22.7 Å². The number of nitro groups is 2. The zero-order chi connectivity index (χ0) is 16.3. The molecule has 2 fully saturated rings. The third kappa shape index (κ3) is 4.46. The van der Waals surface area contributed by atoms with E-state index in [1.54, 1.807) is 0 Å². The SMILES string of the molecule is O=[N+]([O-])[C@H]1C[C@H](O)CC[C@@H]1SS[C@@H]1CC[C@H](O)C[C@@H]1[N+](=O)[O-]. The van der Waals surface area contributed by atoms with Crippen molar-refractivity contribution in [3.63, 3.8) is 0 Å². The summed E-state index contributed by atoms with van der Waals surface area (Å²) in [6.45, 7) is 0.